The second-order valence-corrected chi connectivity index (χ2v) is 7.88. The third kappa shape index (κ3) is 5.64. The first kappa shape index (κ1) is 22.4. The van der Waals surface area contributed by atoms with Crippen LogP contribution < -0.4 is 9.80 Å². The number of piperazine rings is 1. The molecule has 6 nitrogen and oxygen atoms in total. The third-order valence-electron chi connectivity index (χ3n) is 5.92. The van der Waals surface area contributed by atoms with Crippen LogP contribution in [0.25, 0.3) is 0 Å². The number of hydrogen-bond acceptors (Lipinski definition) is 4. The molecule has 0 spiro atoms. The number of amides is 2. The molecule has 1 aliphatic rings. The Bertz CT molecular complexity index is 944. The van der Waals surface area contributed by atoms with E-state index < -0.39 is 0 Å². The van der Waals surface area contributed by atoms with E-state index in [1.807, 2.05) is 35.2 Å². The van der Waals surface area contributed by atoms with E-state index in [2.05, 4.69) is 43.0 Å². The molecule has 2 amide bonds. The topological polar surface area (TPSA) is 67.7 Å². The molecule has 3 rings (SSSR count). The summed E-state index contributed by atoms with van der Waals surface area (Å²) in [5.74, 6) is -0.105. The number of para-hydroxylation sites is 1. The van der Waals surface area contributed by atoms with Crippen molar-refractivity contribution in [3.8, 4) is 6.07 Å². The fraction of sp³-hybridized carbons (Fsp3) is 0.400. The van der Waals surface area contributed by atoms with Gasteiger partial charge in [0.15, 0.2) is 0 Å². The molecule has 31 heavy (non-hydrogen) atoms. The molecule has 0 N–H and O–H groups in total. The highest BCUT2D eigenvalue weighted by Gasteiger charge is 2.24. The zero-order chi connectivity index (χ0) is 22.2. The van der Waals surface area contributed by atoms with Gasteiger partial charge >= 0.3 is 0 Å². The van der Waals surface area contributed by atoms with Crippen LogP contribution in [0.15, 0.2) is 48.5 Å². The van der Waals surface area contributed by atoms with Gasteiger partial charge in [-0.25, -0.2) is 0 Å². The number of carbonyl (C=O) groups is 2. The van der Waals surface area contributed by atoms with Crippen molar-refractivity contribution in [2.24, 2.45) is 0 Å². The Morgan fingerprint density at radius 3 is 2.35 bits per heavy atom. The lowest BCUT2D eigenvalue weighted by Gasteiger charge is -2.37. The predicted molar refractivity (Wildman–Crippen MR) is 123 cm³/mol. The Labute approximate surface area is 184 Å². The number of aryl methyl sites for hydroxylation is 1. The molecule has 0 aliphatic carbocycles. The zero-order valence-electron chi connectivity index (χ0n) is 18.4. The van der Waals surface area contributed by atoms with Gasteiger partial charge in [0.25, 0.3) is 0 Å². The molecule has 6 heteroatoms. The Balaban J connectivity index is 1.53. The summed E-state index contributed by atoms with van der Waals surface area (Å²) in [4.78, 5) is 31.3. The van der Waals surface area contributed by atoms with Gasteiger partial charge in [0.1, 0.15) is 0 Å². The maximum Gasteiger partial charge on any atom is 0.227 e. The van der Waals surface area contributed by atoms with E-state index in [1.165, 1.54) is 16.8 Å². The molecule has 0 unspecified atom stereocenters. The minimum atomic E-state index is -0.121. The van der Waals surface area contributed by atoms with E-state index in [-0.39, 0.29) is 31.1 Å². The molecule has 1 aliphatic heterocycles. The van der Waals surface area contributed by atoms with E-state index >= 15 is 0 Å². The van der Waals surface area contributed by atoms with Crippen LogP contribution in [0, 0.1) is 25.2 Å². The highest BCUT2D eigenvalue weighted by molar-refractivity contribution is 5.95. The molecule has 0 atom stereocenters. The van der Waals surface area contributed by atoms with Crippen molar-refractivity contribution in [3.05, 3.63) is 59.7 Å². The molecule has 0 radical (unpaired) electrons. The molecule has 0 bridgehead atoms. The molecule has 1 saturated heterocycles. The third-order valence-corrected chi connectivity index (χ3v) is 5.92. The first-order chi connectivity index (χ1) is 15.0. The predicted octanol–water partition coefficient (Wildman–Crippen LogP) is 3.68. The van der Waals surface area contributed by atoms with Gasteiger partial charge in [-0.05, 0) is 43.2 Å². The second-order valence-electron chi connectivity index (χ2n) is 7.88. The SMILES string of the molecule is Cc1cccc(N2CCN(C(=O)CCC(=O)N(CCC#N)c3ccccc3)CC2)c1C. The van der Waals surface area contributed by atoms with E-state index in [0.29, 0.717) is 19.6 Å². The average Bonchev–Trinajstić information content (AvgIpc) is 2.80. The number of anilines is 2. The van der Waals surface area contributed by atoms with E-state index in [0.717, 1.165) is 18.8 Å². The first-order valence-corrected chi connectivity index (χ1v) is 10.8. The number of benzene rings is 2. The smallest absolute Gasteiger partial charge is 0.227 e. The Hall–Kier alpha value is -3.33. The largest absolute Gasteiger partial charge is 0.368 e. The zero-order valence-corrected chi connectivity index (χ0v) is 18.4. The monoisotopic (exact) mass is 418 g/mol. The van der Waals surface area contributed by atoms with Crippen molar-refractivity contribution in [3.63, 3.8) is 0 Å². The average molecular weight is 419 g/mol. The molecule has 2 aromatic carbocycles. The van der Waals surface area contributed by atoms with Crippen LogP contribution in [0.1, 0.15) is 30.4 Å². The van der Waals surface area contributed by atoms with Crippen LogP contribution in [0.5, 0.6) is 0 Å². The molecule has 0 aromatic heterocycles. The summed E-state index contributed by atoms with van der Waals surface area (Å²) < 4.78 is 0. The van der Waals surface area contributed by atoms with Crippen molar-refractivity contribution in [1.82, 2.24) is 4.90 Å². The van der Waals surface area contributed by atoms with Crippen LogP contribution >= 0.6 is 0 Å². The van der Waals surface area contributed by atoms with Gasteiger partial charge in [-0.1, -0.05) is 30.3 Å². The van der Waals surface area contributed by atoms with Crippen molar-refractivity contribution in [2.75, 3.05) is 42.5 Å². The van der Waals surface area contributed by atoms with Crippen molar-refractivity contribution in [1.29, 1.82) is 5.26 Å². The van der Waals surface area contributed by atoms with Crippen molar-refractivity contribution < 1.29 is 9.59 Å². The summed E-state index contributed by atoms with van der Waals surface area (Å²) in [6.45, 7) is 7.50. The lowest BCUT2D eigenvalue weighted by Crippen LogP contribution is -2.49. The fourth-order valence-corrected chi connectivity index (χ4v) is 3.95. The number of nitrogens with zero attached hydrogens (tertiary/aromatic N) is 4. The Morgan fingerprint density at radius 2 is 1.68 bits per heavy atom. The maximum atomic E-state index is 12.8. The molecular weight excluding hydrogens is 388 g/mol. The Morgan fingerprint density at radius 1 is 0.968 bits per heavy atom. The second kappa shape index (κ2) is 10.6. The van der Waals surface area contributed by atoms with Gasteiger partial charge in [-0.2, -0.15) is 5.26 Å². The van der Waals surface area contributed by atoms with Crippen LogP contribution in [-0.2, 0) is 9.59 Å². The van der Waals surface area contributed by atoms with E-state index in [9.17, 15) is 9.59 Å². The van der Waals surface area contributed by atoms with Crippen molar-refractivity contribution >= 4 is 23.2 Å². The summed E-state index contributed by atoms with van der Waals surface area (Å²) in [5, 5.41) is 8.92. The highest BCUT2D eigenvalue weighted by Crippen LogP contribution is 2.24. The quantitative estimate of drug-likeness (QED) is 0.688. The molecule has 162 valence electrons. The van der Waals surface area contributed by atoms with Crippen LogP contribution in [0.4, 0.5) is 11.4 Å². The van der Waals surface area contributed by atoms with Gasteiger partial charge in [0.2, 0.25) is 11.8 Å². The summed E-state index contributed by atoms with van der Waals surface area (Å²) in [6, 6.07) is 17.7. The van der Waals surface area contributed by atoms with Gasteiger partial charge in [-0.15, -0.1) is 0 Å². The minimum Gasteiger partial charge on any atom is -0.368 e. The van der Waals surface area contributed by atoms with Crippen LogP contribution in [0.2, 0.25) is 0 Å². The van der Waals surface area contributed by atoms with Gasteiger partial charge in [0, 0.05) is 56.9 Å². The first-order valence-electron chi connectivity index (χ1n) is 10.8. The van der Waals surface area contributed by atoms with E-state index in [4.69, 9.17) is 5.26 Å². The summed E-state index contributed by atoms with van der Waals surface area (Å²) in [6.07, 6.45) is 0.601. The highest BCUT2D eigenvalue weighted by atomic mass is 16.2. The number of hydrogen-bond donors (Lipinski definition) is 0. The van der Waals surface area contributed by atoms with Gasteiger partial charge in [0.05, 0.1) is 12.5 Å². The molecule has 1 heterocycles. The fourth-order valence-electron chi connectivity index (χ4n) is 3.95. The minimum absolute atomic E-state index is 0.0160. The molecular formula is C25H30N4O2. The van der Waals surface area contributed by atoms with Crippen LogP contribution in [0.3, 0.4) is 0 Å². The van der Waals surface area contributed by atoms with E-state index in [1.54, 1.807) is 4.90 Å². The molecule has 2 aromatic rings. The number of nitriles is 1. The maximum absolute atomic E-state index is 12.8. The molecule has 0 saturated carbocycles. The number of carbonyl (C=O) groups excluding carboxylic acids is 2. The standard InChI is InChI=1S/C25H30N4O2/c1-20-8-6-11-23(21(20)2)27-16-18-28(19-17-27)24(30)12-13-25(31)29(15-7-14-26)22-9-4-3-5-10-22/h3-6,8-11H,7,12-13,15-19H2,1-2H3. The molecule has 1 fully saturated rings. The number of rotatable bonds is 7. The Kier molecular flexibility index (Phi) is 7.66. The summed E-state index contributed by atoms with van der Waals surface area (Å²) in [7, 11) is 0. The van der Waals surface area contributed by atoms with Crippen LogP contribution in [-0.4, -0.2) is 49.4 Å². The summed E-state index contributed by atoms with van der Waals surface area (Å²) >= 11 is 0. The normalized spacial score (nSPS) is 13.6. The lowest BCUT2D eigenvalue weighted by molar-refractivity contribution is -0.133. The summed E-state index contributed by atoms with van der Waals surface area (Å²) in [5.41, 5.74) is 4.55. The van der Waals surface area contributed by atoms with Crippen molar-refractivity contribution in [2.45, 2.75) is 33.1 Å². The van der Waals surface area contributed by atoms with Gasteiger partial charge in [-0.3, -0.25) is 9.59 Å². The lowest BCUT2D eigenvalue weighted by atomic mass is 10.1. The van der Waals surface area contributed by atoms with Gasteiger partial charge < -0.3 is 14.7 Å².